The maximum absolute atomic E-state index is 12.3. The molecule has 0 aliphatic carbocycles. The molecular formula is C16H23NO3S. The molecule has 1 aromatic carbocycles. The molecule has 0 bridgehead atoms. The van der Waals surface area contributed by atoms with E-state index in [0.29, 0.717) is 4.90 Å². The van der Waals surface area contributed by atoms with Gasteiger partial charge < -0.3 is 5.32 Å². The third-order valence-corrected chi connectivity index (χ3v) is 4.73. The number of nitrogens with one attached hydrogen (secondary N) is 1. The summed E-state index contributed by atoms with van der Waals surface area (Å²) in [6.07, 6.45) is 0. The SMILES string of the molecule is CC(=O)C(NC(=O)CS(=O)c1ccc(C)cc1C)C(C)C. The molecule has 0 radical (unpaired) electrons. The zero-order chi connectivity index (χ0) is 16.2. The lowest BCUT2D eigenvalue weighted by atomic mass is 10.0. The number of carbonyl (C=O) groups excluding carboxylic acids is 2. The molecule has 1 rings (SSSR count). The van der Waals surface area contributed by atoms with Crippen molar-refractivity contribution in [2.75, 3.05) is 5.75 Å². The summed E-state index contributed by atoms with van der Waals surface area (Å²) >= 11 is 0. The van der Waals surface area contributed by atoms with Crippen molar-refractivity contribution in [3.05, 3.63) is 29.3 Å². The van der Waals surface area contributed by atoms with Crippen LogP contribution in [0.5, 0.6) is 0 Å². The lowest BCUT2D eigenvalue weighted by molar-refractivity contribution is -0.126. The molecule has 0 heterocycles. The molecule has 0 aliphatic heterocycles. The third kappa shape index (κ3) is 5.08. The van der Waals surface area contributed by atoms with Crippen LogP contribution in [0.4, 0.5) is 0 Å². The minimum absolute atomic E-state index is 0.0148. The number of carbonyl (C=O) groups is 2. The number of benzene rings is 1. The molecule has 2 atom stereocenters. The van der Waals surface area contributed by atoms with Gasteiger partial charge in [0.25, 0.3) is 0 Å². The van der Waals surface area contributed by atoms with Gasteiger partial charge in [0, 0.05) is 4.90 Å². The first-order chi connectivity index (χ1) is 9.72. The summed E-state index contributed by atoms with van der Waals surface area (Å²) in [5, 5.41) is 2.67. The zero-order valence-electron chi connectivity index (χ0n) is 13.2. The first-order valence-corrected chi connectivity index (χ1v) is 8.29. The van der Waals surface area contributed by atoms with E-state index in [1.807, 2.05) is 39.8 Å². The second-order valence-electron chi connectivity index (χ2n) is 5.66. The highest BCUT2D eigenvalue weighted by molar-refractivity contribution is 7.85. The van der Waals surface area contributed by atoms with Gasteiger partial charge >= 0.3 is 0 Å². The van der Waals surface area contributed by atoms with Crippen molar-refractivity contribution in [1.29, 1.82) is 0 Å². The Hall–Kier alpha value is -1.49. The van der Waals surface area contributed by atoms with Crippen LogP contribution in [0, 0.1) is 19.8 Å². The predicted octanol–water partition coefficient (Wildman–Crippen LogP) is 2.14. The number of rotatable bonds is 6. The van der Waals surface area contributed by atoms with Gasteiger partial charge in [-0.25, -0.2) is 0 Å². The average Bonchev–Trinajstić information content (AvgIpc) is 2.34. The fourth-order valence-electron chi connectivity index (χ4n) is 2.20. The van der Waals surface area contributed by atoms with Gasteiger partial charge in [-0.3, -0.25) is 13.8 Å². The van der Waals surface area contributed by atoms with E-state index < -0.39 is 16.8 Å². The molecule has 116 valence electrons. The Morgan fingerprint density at radius 2 is 1.86 bits per heavy atom. The quantitative estimate of drug-likeness (QED) is 0.875. The Labute approximate surface area is 128 Å². The largest absolute Gasteiger partial charge is 0.345 e. The zero-order valence-corrected chi connectivity index (χ0v) is 14.0. The number of hydrogen-bond donors (Lipinski definition) is 1. The van der Waals surface area contributed by atoms with Crippen LogP contribution in [0.2, 0.25) is 0 Å². The molecular weight excluding hydrogens is 286 g/mol. The molecule has 0 aliphatic rings. The Balaban J connectivity index is 2.74. The van der Waals surface area contributed by atoms with Crippen LogP contribution in [0.25, 0.3) is 0 Å². The van der Waals surface area contributed by atoms with Crippen molar-refractivity contribution in [3.8, 4) is 0 Å². The summed E-state index contributed by atoms with van der Waals surface area (Å²) in [4.78, 5) is 24.1. The summed E-state index contributed by atoms with van der Waals surface area (Å²) in [6, 6.07) is 5.09. The second-order valence-corrected chi connectivity index (χ2v) is 7.08. The van der Waals surface area contributed by atoms with Crippen LogP contribution < -0.4 is 5.32 Å². The van der Waals surface area contributed by atoms with Crippen molar-refractivity contribution in [2.45, 2.75) is 45.6 Å². The molecule has 1 aromatic rings. The molecule has 0 saturated heterocycles. The molecule has 1 amide bonds. The van der Waals surface area contributed by atoms with Gasteiger partial charge in [-0.15, -0.1) is 0 Å². The Bertz CT molecular complexity index is 567. The molecule has 0 spiro atoms. The Kier molecular flexibility index (Phi) is 6.27. The second kappa shape index (κ2) is 7.50. The minimum Gasteiger partial charge on any atom is -0.345 e. The van der Waals surface area contributed by atoms with E-state index in [9.17, 15) is 13.8 Å². The van der Waals surface area contributed by atoms with Crippen molar-refractivity contribution in [1.82, 2.24) is 5.32 Å². The molecule has 4 nitrogen and oxygen atoms in total. The molecule has 0 aromatic heterocycles. The van der Waals surface area contributed by atoms with E-state index >= 15 is 0 Å². The fraction of sp³-hybridized carbons (Fsp3) is 0.500. The van der Waals surface area contributed by atoms with Crippen LogP contribution in [-0.4, -0.2) is 27.7 Å². The third-order valence-electron chi connectivity index (χ3n) is 3.26. The summed E-state index contributed by atoms with van der Waals surface area (Å²) in [7, 11) is -1.40. The summed E-state index contributed by atoms with van der Waals surface area (Å²) in [5.41, 5.74) is 2.00. The van der Waals surface area contributed by atoms with E-state index in [0.717, 1.165) is 11.1 Å². The lowest BCUT2D eigenvalue weighted by Gasteiger charge is -2.19. The molecule has 0 fully saturated rings. The van der Waals surface area contributed by atoms with E-state index in [1.165, 1.54) is 6.92 Å². The van der Waals surface area contributed by atoms with Crippen molar-refractivity contribution in [2.24, 2.45) is 5.92 Å². The first kappa shape index (κ1) is 17.6. The van der Waals surface area contributed by atoms with Gasteiger partial charge in [0.1, 0.15) is 5.75 Å². The number of amides is 1. The topological polar surface area (TPSA) is 63.2 Å². The van der Waals surface area contributed by atoms with Crippen LogP contribution in [0.1, 0.15) is 31.9 Å². The monoisotopic (exact) mass is 309 g/mol. The van der Waals surface area contributed by atoms with Crippen LogP contribution in [0.15, 0.2) is 23.1 Å². The fourth-order valence-corrected chi connectivity index (χ4v) is 3.32. The number of hydrogen-bond acceptors (Lipinski definition) is 3. The highest BCUT2D eigenvalue weighted by Crippen LogP contribution is 2.15. The average molecular weight is 309 g/mol. The van der Waals surface area contributed by atoms with Crippen molar-refractivity contribution < 1.29 is 13.8 Å². The van der Waals surface area contributed by atoms with Gasteiger partial charge in [0.15, 0.2) is 5.78 Å². The molecule has 21 heavy (non-hydrogen) atoms. The number of Topliss-reactive ketones (excluding diaryl/α,β-unsaturated/α-hetero) is 1. The van der Waals surface area contributed by atoms with Gasteiger partial charge in [-0.2, -0.15) is 0 Å². The van der Waals surface area contributed by atoms with E-state index in [1.54, 1.807) is 6.07 Å². The summed E-state index contributed by atoms with van der Waals surface area (Å²) in [6.45, 7) is 9.03. The van der Waals surface area contributed by atoms with Crippen LogP contribution >= 0.6 is 0 Å². The predicted molar refractivity (Wildman–Crippen MR) is 84.6 cm³/mol. The highest BCUT2D eigenvalue weighted by Gasteiger charge is 2.22. The number of aryl methyl sites for hydroxylation is 2. The lowest BCUT2D eigenvalue weighted by Crippen LogP contribution is -2.45. The maximum atomic E-state index is 12.3. The van der Waals surface area contributed by atoms with Crippen molar-refractivity contribution >= 4 is 22.5 Å². The van der Waals surface area contributed by atoms with Crippen LogP contribution in [-0.2, 0) is 20.4 Å². The van der Waals surface area contributed by atoms with Gasteiger partial charge in [0.2, 0.25) is 5.91 Å². The minimum atomic E-state index is -1.40. The molecule has 2 unspecified atom stereocenters. The van der Waals surface area contributed by atoms with Gasteiger partial charge in [-0.1, -0.05) is 31.5 Å². The summed E-state index contributed by atoms with van der Waals surface area (Å²) in [5.74, 6) is -0.556. The smallest absolute Gasteiger partial charge is 0.233 e. The van der Waals surface area contributed by atoms with E-state index in [2.05, 4.69) is 5.32 Å². The number of ketones is 1. The van der Waals surface area contributed by atoms with E-state index in [-0.39, 0.29) is 23.4 Å². The first-order valence-electron chi connectivity index (χ1n) is 6.97. The van der Waals surface area contributed by atoms with E-state index in [4.69, 9.17) is 0 Å². The highest BCUT2D eigenvalue weighted by atomic mass is 32.2. The molecule has 0 saturated carbocycles. The maximum Gasteiger partial charge on any atom is 0.233 e. The van der Waals surface area contributed by atoms with Gasteiger partial charge in [0.05, 0.1) is 16.8 Å². The standard InChI is InChI=1S/C16H23NO3S/c1-10(2)16(13(5)18)17-15(19)9-21(20)14-7-6-11(3)8-12(14)4/h6-8,10,16H,9H2,1-5H3,(H,17,19). The summed E-state index contributed by atoms with van der Waals surface area (Å²) < 4.78 is 12.3. The Morgan fingerprint density at radius 1 is 1.24 bits per heavy atom. The van der Waals surface area contributed by atoms with Crippen LogP contribution in [0.3, 0.4) is 0 Å². The normalized spacial score (nSPS) is 13.8. The Morgan fingerprint density at radius 3 is 2.33 bits per heavy atom. The molecule has 5 heteroatoms. The molecule has 1 N–H and O–H groups in total. The van der Waals surface area contributed by atoms with Gasteiger partial charge in [-0.05, 0) is 38.3 Å². The van der Waals surface area contributed by atoms with Crippen molar-refractivity contribution in [3.63, 3.8) is 0 Å².